The highest BCUT2D eigenvalue weighted by Crippen LogP contribution is 2.30. The zero-order chi connectivity index (χ0) is 30.6. The van der Waals surface area contributed by atoms with E-state index in [1.165, 1.54) is 12.1 Å². The van der Waals surface area contributed by atoms with Crippen LogP contribution in [0.3, 0.4) is 0 Å². The third-order valence-electron chi connectivity index (χ3n) is 7.27. The molecule has 2 aromatic rings. The maximum absolute atomic E-state index is 13.5. The van der Waals surface area contributed by atoms with E-state index in [0.29, 0.717) is 62.4 Å². The van der Waals surface area contributed by atoms with Gasteiger partial charge in [0.15, 0.2) is 0 Å². The monoisotopic (exact) mass is 584 g/mol. The van der Waals surface area contributed by atoms with Crippen LogP contribution in [0.2, 0.25) is 0 Å². The van der Waals surface area contributed by atoms with Crippen LogP contribution < -0.4 is 38.9 Å². The first-order valence-corrected chi connectivity index (χ1v) is 14.3. The number of aromatic hydroxyl groups is 2. The van der Waals surface area contributed by atoms with E-state index in [1.807, 2.05) is 4.90 Å². The highest BCUT2D eigenvalue weighted by Gasteiger charge is 2.29. The Morgan fingerprint density at radius 3 is 2.02 bits per heavy atom. The van der Waals surface area contributed by atoms with Crippen LogP contribution in [0.4, 0.5) is 0 Å². The second kappa shape index (κ2) is 16.0. The first-order valence-electron chi connectivity index (χ1n) is 14.3. The van der Waals surface area contributed by atoms with Gasteiger partial charge in [0.2, 0.25) is 17.7 Å². The fourth-order valence-electron chi connectivity index (χ4n) is 4.92. The molecule has 0 unspecified atom stereocenters. The maximum Gasteiger partial charge on any atom is 0.243 e. The van der Waals surface area contributed by atoms with Gasteiger partial charge in [-0.25, -0.2) is 0 Å². The van der Waals surface area contributed by atoms with Crippen LogP contribution in [-0.4, -0.2) is 96.8 Å². The minimum Gasteiger partial charge on any atom is -0.508 e. The summed E-state index contributed by atoms with van der Waals surface area (Å²) in [5.41, 5.74) is 25.5. The van der Waals surface area contributed by atoms with Gasteiger partial charge in [-0.3, -0.25) is 19.3 Å². The molecule has 3 amide bonds. The summed E-state index contributed by atoms with van der Waals surface area (Å²) in [6.07, 6.45) is 0.671. The largest absolute Gasteiger partial charge is 0.508 e. The van der Waals surface area contributed by atoms with Gasteiger partial charge in [0.25, 0.3) is 0 Å². The van der Waals surface area contributed by atoms with E-state index >= 15 is 0 Å². The zero-order valence-corrected chi connectivity index (χ0v) is 23.9. The molecule has 3 rings (SSSR count). The number of nitrogens with one attached hydrogen (secondary N) is 3. The number of nitrogens with two attached hydrogens (primary N) is 4. The van der Waals surface area contributed by atoms with E-state index in [9.17, 15) is 24.6 Å². The van der Waals surface area contributed by atoms with E-state index in [1.54, 1.807) is 24.3 Å². The van der Waals surface area contributed by atoms with Gasteiger partial charge in [0, 0.05) is 52.1 Å². The molecule has 0 aliphatic carbocycles. The van der Waals surface area contributed by atoms with Crippen molar-refractivity contribution in [1.82, 2.24) is 20.9 Å². The van der Waals surface area contributed by atoms with Crippen molar-refractivity contribution in [2.75, 3.05) is 45.8 Å². The van der Waals surface area contributed by atoms with Crippen LogP contribution in [0.25, 0.3) is 11.1 Å². The van der Waals surface area contributed by atoms with Crippen LogP contribution in [0.5, 0.6) is 11.5 Å². The van der Waals surface area contributed by atoms with Crippen molar-refractivity contribution in [3.05, 3.63) is 47.5 Å². The van der Waals surface area contributed by atoms with Crippen molar-refractivity contribution < 1.29 is 24.6 Å². The number of hydrogen-bond acceptors (Lipinski definition) is 10. The lowest BCUT2D eigenvalue weighted by Crippen LogP contribution is -2.56. The Morgan fingerprint density at radius 1 is 0.857 bits per heavy atom. The minimum atomic E-state index is -1.07. The molecule has 0 fully saturated rings. The smallest absolute Gasteiger partial charge is 0.243 e. The number of rotatable bonds is 11. The Balaban J connectivity index is 1.97. The van der Waals surface area contributed by atoms with Gasteiger partial charge >= 0.3 is 0 Å². The van der Waals surface area contributed by atoms with Crippen molar-refractivity contribution in [3.8, 4) is 22.6 Å². The molecule has 1 aliphatic heterocycles. The molecule has 0 saturated carbocycles. The van der Waals surface area contributed by atoms with E-state index in [4.69, 9.17) is 22.9 Å². The number of phenols is 2. The van der Waals surface area contributed by atoms with Crippen LogP contribution in [0, 0.1) is 0 Å². The Bertz CT molecular complexity index is 1220. The first-order chi connectivity index (χ1) is 20.2. The average molecular weight is 585 g/mol. The van der Waals surface area contributed by atoms with Gasteiger partial charge in [0.05, 0.1) is 6.04 Å². The van der Waals surface area contributed by atoms with Crippen molar-refractivity contribution in [3.63, 3.8) is 0 Å². The predicted molar refractivity (Wildman–Crippen MR) is 160 cm³/mol. The molecule has 1 heterocycles. The number of fused-ring (bicyclic) bond motifs is 5. The summed E-state index contributed by atoms with van der Waals surface area (Å²) in [7, 11) is 0. The number of hydrogen-bond donors (Lipinski definition) is 9. The minimum absolute atomic E-state index is 0.0176. The molecule has 4 bridgehead atoms. The molecule has 0 aromatic heterocycles. The molecule has 0 radical (unpaired) electrons. The summed E-state index contributed by atoms with van der Waals surface area (Å²) < 4.78 is 0. The number of carbonyl (C=O) groups excluding carboxylic acids is 3. The van der Waals surface area contributed by atoms with Crippen LogP contribution in [0.15, 0.2) is 36.4 Å². The van der Waals surface area contributed by atoms with E-state index in [2.05, 4.69) is 16.0 Å². The normalized spacial score (nSPS) is 19.4. The summed E-state index contributed by atoms with van der Waals surface area (Å²) in [6.45, 7) is 3.23. The lowest BCUT2D eigenvalue weighted by Gasteiger charge is -2.25. The van der Waals surface area contributed by atoms with Crippen LogP contribution >= 0.6 is 0 Å². The molecule has 13 N–H and O–H groups in total. The van der Waals surface area contributed by atoms with Crippen LogP contribution in [0.1, 0.15) is 24.0 Å². The Hall–Kier alpha value is -3.75. The summed E-state index contributed by atoms with van der Waals surface area (Å²) in [5, 5.41) is 29.5. The summed E-state index contributed by atoms with van der Waals surface area (Å²) >= 11 is 0. The molecule has 0 saturated heterocycles. The van der Waals surface area contributed by atoms with Gasteiger partial charge < -0.3 is 49.1 Å². The maximum atomic E-state index is 13.5. The molecule has 1 aliphatic rings. The lowest BCUT2D eigenvalue weighted by atomic mass is 9.95. The summed E-state index contributed by atoms with van der Waals surface area (Å²) in [5.74, 6) is -1.67. The molecular weight excluding hydrogens is 540 g/mol. The molecule has 13 nitrogen and oxygen atoms in total. The Labute approximate surface area is 246 Å². The number of carbonyl (C=O) groups is 3. The highest BCUT2D eigenvalue weighted by atomic mass is 16.3. The van der Waals surface area contributed by atoms with Gasteiger partial charge in [0.1, 0.15) is 23.6 Å². The molecule has 0 spiro atoms. The van der Waals surface area contributed by atoms with Gasteiger partial charge in [-0.05, 0) is 65.9 Å². The Kier molecular flexibility index (Phi) is 12.5. The third kappa shape index (κ3) is 9.13. The number of nitrogens with zero attached hydrogens (tertiary/aromatic N) is 1. The lowest BCUT2D eigenvalue weighted by molar-refractivity contribution is -0.132. The van der Waals surface area contributed by atoms with E-state index in [-0.39, 0.29) is 37.3 Å². The molecule has 3 atom stereocenters. The first kappa shape index (κ1) is 32.8. The summed E-state index contributed by atoms with van der Waals surface area (Å²) in [4.78, 5) is 42.0. The SMILES string of the molecule is NCCC[C@@H]1NC(=O)[C@@H](N)Cc2cc(ccc2O)-c2ccc(O)c(c2)C[C@@H](C(=O)NCCN(CCN)CCN)NC1=O. The number of amides is 3. The second-order valence-electron chi connectivity index (χ2n) is 10.5. The highest BCUT2D eigenvalue weighted by molar-refractivity contribution is 5.93. The summed E-state index contributed by atoms with van der Waals surface area (Å²) in [6, 6.07) is 6.79. The predicted octanol–water partition coefficient (Wildman–Crippen LogP) is -1.77. The standard InChI is InChI=1S/C29H44N8O5/c30-7-1-2-23-29(42)36-24(28(41)34-10-13-37(11-8-31)12-9-32)17-21-15-19(4-6-26(21)39)18-3-5-25(38)20(14-18)16-22(33)27(40)35-23/h3-6,14-15,22-24,38-39H,1-2,7-13,16-17,30-33H2,(H,34,41)(H,35,40)(H,36,42)/t22-,23-,24-/m0/s1. The van der Waals surface area contributed by atoms with Crippen molar-refractivity contribution in [2.45, 2.75) is 43.8 Å². The Morgan fingerprint density at radius 2 is 1.45 bits per heavy atom. The second-order valence-corrected chi connectivity index (χ2v) is 10.5. The van der Waals surface area contributed by atoms with Gasteiger partial charge in [-0.15, -0.1) is 0 Å². The average Bonchev–Trinajstić information content (AvgIpc) is 2.96. The van der Waals surface area contributed by atoms with Crippen molar-refractivity contribution >= 4 is 17.7 Å². The van der Waals surface area contributed by atoms with E-state index in [0.717, 1.165) is 5.56 Å². The topological polar surface area (TPSA) is 235 Å². The number of benzene rings is 2. The molecule has 42 heavy (non-hydrogen) atoms. The van der Waals surface area contributed by atoms with Crippen molar-refractivity contribution in [2.24, 2.45) is 22.9 Å². The zero-order valence-electron chi connectivity index (χ0n) is 23.9. The molecule has 13 heteroatoms. The van der Waals surface area contributed by atoms with Crippen LogP contribution in [-0.2, 0) is 27.2 Å². The molecule has 2 aromatic carbocycles. The van der Waals surface area contributed by atoms with Gasteiger partial charge in [-0.1, -0.05) is 12.1 Å². The molecular formula is C29H44N8O5. The van der Waals surface area contributed by atoms with E-state index < -0.39 is 35.8 Å². The number of phenolic OH excluding ortho intramolecular Hbond substituents is 2. The van der Waals surface area contributed by atoms with Gasteiger partial charge in [-0.2, -0.15) is 0 Å². The third-order valence-corrected chi connectivity index (χ3v) is 7.27. The fourth-order valence-corrected chi connectivity index (χ4v) is 4.92. The van der Waals surface area contributed by atoms with Crippen molar-refractivity contribution in [1.29, 1.82) is 0 Å². The molecule has 230 valence electrons. The quantitative estimate of drug-likeness (QED) is 0.144. The fraction of sp³-hybridized carbons (Fsp3) is 0.483.